The van der Waals surface area contributed by atoms with Crippen molar-refractivity contribution >= 4 is 26.0 Å². The molecular formula is C10H14BrNO4S. The minimum absolute atomic E-state index is 0.0385. The third-order valence-corrected chi connectivity index (χ3v) is 3.33. The molecule has 0 unspecified atom stereocenters. The molecule has 0 aromatic heterocycles. The molecule has 1 rings (SSSR count). The molecule has 7 heteroatoms. The molecule has 0 saturated heterocycles. The lowest BCUT2D eigenvalue weighted by molar-refractivity contribution is 0.109. The molecule has 1 aromatic rings. The molecule has 0 saturated carbocycles. The highest BCUT2D eigenvalue weighted by molar-refractivity contribution is 9.10. The first-order valence-electron chi connectivity index (χ1n) is 4.98. The van der Waals surface area contributed by atoms with E-state index in [1.807, 2.05) is 6.92 Å². The van der Waals surface area contributed by atoms with E-state index in [9.17, 15) is 8.42 Å². The summed E-state index contributed by atoms with van der Waals surface area (Å²) in [6.45, 7) is 3.13. The molecule has 96 valence electrons. The minimum atomic E-state index is -3.79. The van der Waals surface area contributed by atoms with Crippen molar-refractivity contribution in [2.45, 2.75) is 11.8 Å². The Morgan fingerprint density at radius 1 is 1.35 bits per heavy atom. The quantitative estimate of drug-likeness (QED) is 0.805. The van der Waals surface area contributed by atoms with Crippen LogP contribution in [-0.4, -0.2) is 28.2 Å². The van der Waals surface area contributed by atoms with E-state index in [1.165, 1.54) is 6.07 Å². The Kier molecular flexibility index (Phi) is 5.38. The van der Waals surface area contributed by atoms with E-state index in [0.29, 0.717) is 17.7 Å². The van der Waals surface area contributed by atoms with E-state index in [1.54, 1.807) is 12.1 Å². The Morgan fingerprint density at radius 3 is 2.65 bits per heavy atom. The minimum Gasteiger partial charge on any atom is -0.490 e. The van der Waals surface area contributed by atoms with Crippen molar-refractivity contribution in [3.05, 3.63) is 22.7 Å². The fourth-order valence-corrected chi connectivity index (χ4v) is 2.39. The van der Waals surface area contributed by atoms with Gasteiger partial charge in [0.15, 0.2) is 0 Å². The molecule has 5 nitrogen and oxygen atoms in total. The number of hydrogen-bond acceptors (Lipinski definition) is 4. The first-order chi connectivity index (χ1) is 7.95. The van der Waals surface area contributed by atoms with Gasteiger partial charge in [-0.15, -0.1) is 0 Å². The summed E-state index contributed by atoms with van der Waals surface area (Å²) in [7, 11) is -3.79. The van der Waals surface area contributed by atoms with E-state index in [4.69, 9.17) is 14.6 Å². The third kappa shape index (κ3) is 4.63. The zero-order chi connectivity index (χ0) is 12.9. The smallest absolute Gasteiger partial charge is 0.241 e. The van der Waals surface area contributed by atoms with E-state index in [2.05, 4.69) is 15.9 Å². The van der Waals surface area contributed by atoms with Gasteiger partial charge in [-0.1, -0.05) is 15.9 Å². The average Bonchev–Trinajstić information content (AvgIpc) is 2.25. The fraction of sp³-hybridized carbons (Fsp3) is 0.400. The summed E-state index contributed by atoms with van der Waals surface area (Å²) in [5, 5.41) is 5.10. The van der Waals surface area contributed by atoms with Gasteiger partial charge in [-0.05, 0) is 25.1 Å². The number of nitrogens with two attached hydrogens (primary N) is 1. The van der Waals surface area contributed by atoms with Gasteiger partial charge in [0.1, 0.15) is 17.3 Å². The summed E-state index contributed by atoms with van der Waals surface area (Å²) < 4.78 is 33.7. The molecule has 0 radical (unpaired) electrons. The Bertz CT molecular complexity index is 475. The number of primary sulfonamides is 1. The summed E-state index contributed by atoms with van der Waals surface area (Å²) in [6.07, 6.45) is 0. The molecule has 1 aromatic carbocycles. The standard InChI is InChI=1S/C10H14BrNO4S/c1-2-15-5-6-16-9-4-3-8(11)7-10(9)17(12,13)14/h3-4,7H,2,5-6H2,1H3,(H2,12,13,14). The van der Waals surface area contributed by atoms with Crippen molar-refractivity contribution in [1.82, 2.24) is 0 Å². The van der Waals surface area contributed by atoms with Crippen LogP contribution in [0.25, 0.3) is 0 Å². The third-order valence-electron chi connectivity index (χ3n) is 1.90. The van der Waals surface area contributed by atoms with E-state index < -0.39 is 10.0 Å². The lowest BCUT2D eigenvalue weighted by Crippen LogP contribution is -2.15. The zero-order valence-corrected chi connectivity index (χ0v) is 11.8. The lowest BCUT2D eigenvalue weighted by atomic mass is 10.3. The van der Waals surface area contributed by atoms with Crippen molar-refractivity contribution < 1.29 is 17.9 Å². The van der Waals surface area contributed by atoms with Crippen LogP contribution in [0.4, 0.5) is 0 Å². The lowest BCUT2D eigenvalue weighted by Gasteiger charge is -2.10. The van der Waals surface area contributed by atoms with Gasteiger partial charge in [0, 0.05) is 11.1 Å². The normalized spacial score (nSPS) is 11.5. The van der Waals surface area contributed by atoms with E-state index >= 15 is 0 Å². The Balaban J connectivity index is 2.84. The van der Waals surface area contributed by atoms with Crippen molar-refractivity contribution in [3.63, 3.8) is 0 Å². The Labute approximate surface area is 109 Å². The maximum Gasteiger partial charge on any atom is 0.241 e. The first-order valence-corrected chi connectivity index (χ1v) is 7.32. The molecule has 0 bridgehead atoms. The average molecular weight is 324 g/mol. The van der Waals surface area contributed by atoms with Crippen LogP contribution in [0.2, 0.25) is 0 Å². The van der Waals surface area contributed by atoms with Crippen molar-refractivity contribution in [2.24, 2.45) is 5.14 Å². The largest absolute Gasteiger partial charge is 0.490 e. The fourth-order valence-electron chi connectivity index (χ4n) is 1.18. The van der Waals surface area contributed by atoms with Crippen LogP contribution in [-0.2, 0) is 14.8 Å². The van der Waals surface area contributed by atoms with Crippen LogP contribution >= 0.6 is 15.9 Å². The van der Waals surface area contributed by atoms with Crippen LogP contribution in [0.3, 0.4) is 0 Å². The molecule has 0 amide bonds. The van der Waals surface area contributed by atoms with E-state index in [0.717, 1.165) is 0 Å². The van der Waals surface area contributed by atoms with Gasteiger partial charge in [-0.25, -0.2) is 13.6 Å². The predicted molar refractivity (Wildman–Crippen MR) is 67.5 cm³/mol. The summed E-state index contributed by atoms with van der Waals surface area (Å²) in [6, 6.07) is 4.64. The molecule has 17 heavy (non-hydrogen) atoms. The van der Waals surface area contributed by atoms with Crippen molar-refractivity contribution in [1.29, 1.82) is 0 Å². The van der Waals surface area contributed by atoms with Gasteiger partial charge >= 0.3 is 0 Å². The molecule has 2 N–H and O–H groups in total. The van der Waals surface area contributed by atoms with Crippen molar-refractivity contribution in [2.75, 3.05) is 19.8 Å². The number of benzene rings is 1. The highest BCUT2D eigenvalue weighted by atomic mass is 79.9. The van der Waals surface area contributed by atoms with Gasteiger partial charge in [0.2, 0.25) is 10.0 Å². The second-order valence-electron chi connectivity index (χ2n) is 3.18. The van der Waals surface area contributed by atoms with Gasteiger partial charge in [-0.3, -0.25) is 0 Å². The van der Waals surface area contributed by atoms with Crippen LogP contribution < -0.4 is 9.88 Å². The number of sulfonamides is 1. The molecule has 0 atom stereocenters. The number of hydrogen-bond donors (Lipinski definition) is 1. The first kappa shape index (κ1) is 14.4. The predicted octanol–water partition coefficient (Wildman–Crippen LogP) is 1.51. The summed E-state index contributed by atoms with van der Waals surface area (Å²) in [4.78, 5) is -0.0385. The van der Waals surface area contributed by atoms with Gasteiger partial charge in [-0.2, -0.15) is 0 Å². The van der Waals surface area contributed by atoms with Crippen molar-refractivity contribution in [3.8, 4) is 5.75 Å². The van der Waals surface area contributed by atoms with Gasteiger partial charge in [0.05, 0.1) is 6.61 Å². The number of rotatable bonds is 6. The monoisotopic (exact) mass is 323 g/mol. The molecule has 0 heterocycles. The maximum atomic E-state index is 11.3. The summed E-state index contributed by atoms with van der Waals surface area (Å²) in [5.74, 6) is 0.232. The number of halogens is 1. The topological polar surface area (TPSA) is 78.6 Å². The summed E-state index contributed by atoms with van der Waals surface area (Å²) in [5.41, 5.74) is 0. The summed E-state index contributed by atoms with van der Waals surface area (Å²) >= 11 is 3.18. The van der Waals surface area contributed by atoms with Crippen LogP contribution in [0.5, 0.6) is 5.75 Å². The maximum absolute atomic E-state index is 11.3. The Morgan fingerprint density at radius 2 is 2.06 bits per heavy atom. The highest BCUT2D eigenvalue weighted by Crippen LogP contribution is 2.26. The van der Waals surface area contributed by atoms with Crippen LogP contribution in [0.1, 0.15) is 6.92 Å². The van der Waals surface area contributed by atoms with Gasteiger partial charge < -0.3 is 9.47 Å². The van der Waals surface area contributed by atoms with E-state index in [-0.39, 0.29) is 17.3 Å². The molecular weight excluding hydrogens is 310 g/mol. The molecule has 0 aliphatic carbocycles. The second-order valence-corrected chi connectivity index (χ2v) is 5.63. The number of ether oxygens (including phenoxy) is 2. The molecule has 0 fully saturated rings. The Hall–Kier alpha value is -0.630. The van der Waals surface area contributed by atoms with Gasteiger partial charge in [0.25, 0.3) is 0 Å². The van der Waals surface area contributed by atoms with Crippen LogP contribution in [0, 0.1) is 0 Å². The molecule has 0 spiro atoms. The highest BCUT2D eigenvalue weighted by Gasteiger charge is 2.15. The van der Waals surface area contributed by atoms with Crippen LogP contribution in [0.15, 0.2) is 27.6 Å². The molecule has 0 aliphatic rings. The second kappa shape index (κ2) is 6.34. The SMILES string of the molecule is CCOCCOc1ccc(Br)cc1S(N)(=O)=O. The zero-order valence-electron chi connectivity index (χ0n) is 9.35. The molecule has 0 aliphatic heterocycles.